The number of halogens is 1. The Bertz CT molecular complexity index is 855. The van der Waals surface area contributed by atoms with Gasteiger partial charge >= 0.3 is 0 Å². The van der Waals surface area contributed by atoms with Crippen molar-refractivity contribution in [2.75, 3.05) is 5.32 Å². The minimum atomic E-state index is -0.497. The van der Waals surface area contributed by atoms with Crippen molar-refractivity contribution in [3.63, 3.8) is 0 Å². The number of hydrogen-bond acceptors (Lipinski definition) is 4. The second-order valence-corrected chi connectivity index (χ2v) is 6.36. The molecule has 1 aliphatic rings. The van der Waals surface area contributed by atoms with Gasteiger partial charge in [0.1, 0.15) is 17.2 Å². The van der Waals surface area contributed by atoms with E-state index in [4.69, 9.17) is 17.3 Å². The lowest BCUT2D eigenvalue weighted by atomic mass is 9.96. The van der Waals surface area contributed by atoms with E-state index < -0.39 is 5.91 Å². The quantitative estimate of drug-likeness (QED) is 0.780. The first-order valence-corrected chi connectivity index (χ1v) is 8.21. The van der Waals surface area contributed by atoms with Crippen LogP contribution in [0.15, 0.2) is 64.9 Å². The van der Waals surface area contributed by atoms with Gasteiger partial charge in [0, 0.05) is 17.1 Å². The fourth-order valence-electron chi connectivity index (χ4n) is 2.67. The highest BCUT2D eigenvalue weighted by Gasteiger charge is 2.27. The number of carbonyl (C=O) groups is 1. The Balaban J connectivity index is 1.79. The molecule has 0 spiro atoms. The Kier molecular flexibility index (Phi) is 4.76. The number of amides is 1. The normalized spacial score (nSPS) is 17.2. The summed E-state index contributed by atoms with van der Waals surface area (Å²) in [5.74, 6) is -0.534. The number of aliphatic hydroxyl groups excluding tert-OH is 1. The number of nitrogens with one attached hydrogen (secondary N) is 1. The van der Waals surface area contributed by atoms with Crippen LogP contribution in [0.3, 0.4) is 0 Å². The second kappa shape index (κ2) is 6.99. The van der Waals surface area contributed by atoms with Gasteiger partial charge in [-0.1, -0.05) is 41.4 Å². The third-order valence-corrected chi connectivity index (χ3v) is 4.27. The summed E-state index contributed by atoms with van der Waals surface area (Å²) in [5, 5.41) is 13.6. The molecule has 2 aromatic carbocycles. The van der Waals surface area contributed by atoms with Gasteiger partial charge < -0.3 is 16.2 Å². The SMILES string of the molecule is Cc1ccc(C2CC(O)=C(C(=O)Nc3ccc(Cl)cc3)C(N)=N2)cc1. The summed E-state index contributed by atoms with van der Waals surface area (Å²) in [6.45, 7) is 2.00. The van der Waals surface area contributed by atoms with E-state index in [1.54, 1.807) is 24.3 Å². The number of hydrogen-bond donors (Lipinski definition) is 3. The molecule has 4 N–H and O–H groups in total. The van der Waals surface area contributed by atoms with Crippen LogP contribution in [0.2, 0.25) is 5.02 Å². The summed E-state index contributed by atoms with van der Waals surface area (Å²) in [5.41, 5.74) is 8.61. The molecule has 0 bridgehead atoms. The topological polar surface area (TPSA) is 87.7 Å². The average molecular weight is 356 g/mol. The standard InChI is InChI=1S/C19H18ClN3O2/c1-11-2-4-12(5-3-11)15-10-16(24)17(18(21)23-15)19(25)22-14-8-6-13(20)7-9-14/h2-9,15,24H,10H2,1H3,(H2,21,23)(H,22,25). The van der Waals surface area contributed by atoms with E-state index in [0.29, 0.717) is 10.7 Å². The number of aliphatic hydroxyl groups is 1. The number of aliphatic imine (C=N–C) groups is 1. The predicted molar refractivity (Wildman–Crippen MR) is 99.9 cm³/mol. The molecule has 1 atom stereocenters. The van der Waals surface area contributed by atoms with Crippen LogP contribution in [0, 0.1) is 6.92 Å². The number of carbonyl (C=O) groups excluding carboxylic acids is 1. The summed E-state index contributed by atoms with van der Waals surface area (Å²) in [6.07, 6.45) is 0.229. The molecule has 1 heterocycles. The van der Waals surface area contributed by atoms with Crippen molar-refractivity contribution in [1.82, 2.24) is 0 Å². The Labute approximate surface area is 150 Å². The Morgan fingerprint density at radius 1 is 1.20 bits per heavy atom. The number of aryl methyl sites for hydroxylation is 1. The van der Waals surface area contributed by atoms with Crippen molar-refractivity contribution in [2.45, 2.75) is 19.4 Å². The molecule has 0 aromatic heterocycles. The van der Waals surface area contributed by atoms with E-state index in [1.807, 2.05) is 31.2 Å². The molecule has 0 aliphatic carbocycles. The van der Waals surface area contributed by atoms with Gasteiger partial charge in [0.05, 0.1) is 6.04 Å². The summed E-state index contributed by atoms with van der Waals surface area (Å²) in [4.78, 5) is 16.8. The Hall–Kier alpha value is -2.79. The first-order valence-electron chi connectivity index (χ1n) is 7.83. The third kappa shape index (κ3) is 3.83. The highest BCUT2D eigenvalue weighted by molar-refractivity contribution is 6.30. The van der Waals surface area contributed by atoms with Crippen LogP contribution in [0.25, 0.3) is 0 Å². The van der Waals surface area contributed by atoms with E-state index in [0.717, 1.165) is 11.1 Å². The number of benzene rings is 2. The van der Waals surface area contributed by atoms with E-state index in [1.165, 1.54) is 0 Å². The molecule has 6 heteroatoms. The van der Waals surface area contributed by atoms with Crippen molar-refractivity contribution in [2.24, 2.45) is 10.7 Å². The van der Waals surface area contributed by atoms with Gasteiger partial charge in [-0.2, -0.15) is 0 Å². The molecule has 1 aliphatic heterocycles. The van der Waals surface area contributed by atoms with Crippen molar-refractivity contribution in [3.8, 4) is 0 Å². The monoisotopic (exact) mass is 355 g/mol. The van der Waals surface area contributed by atoms with Crippen LogP contribution in [-0.2, 0) is 4.79 Å². The molecule has 3 rings (SSSR count). The molecule has 25 heavy (non-hydrogen) atoms. The zero-order valence-corrected chi connectivity index (χ0v) is 14.4. The van der Waals surface area contributed by atoms with E-state index in [9.17, 15) is 9.90 Å². The number of rotatable bonds is 3. The Morgan fingerprint density at radius 2 is 1.84 bits per heavy atom. The number of amidine groups is 1. The van der Waals surface area contributed by atoms with Crippen LogP contribution >= 0.6 is 11.6 Å². The van der Waals surface area contributed by atoms with Crippen LogP contribution in [0.1, 0.15) is 23.6 Å². The van der Waals surface area contributed by atoms with Crippen molar-refractivity contribution >= 4 is 29.0 Å². The maximum atomic E-state index is 12.4. The second-order valence-electron chi connectivity index (χ2n) is 5.93. The van der Waals surface area contributed by atoms with Gasteiger partial charge in [-0.15, -0.1) is 0 Å². The van der Waals surface area contributed by atoms with E-state index >= 15 is 0 Å². The van der Waals surface area contributed by atoms with Crippen LogP contribution in [0.4, 0.5) is 5.69 Å². The lowest BCUT2D eigenvalue weighted by molar-refractivity contribution is -0.112. The number of nitrogens with two attached hydrogens (primary N) is 1. The maximum Gasteiger partial charge on any atom is 0.262 e. The average Bonchev–Trinajstić information content (AvgIpc) is 2.57. The van der Waals surface area contributed by atoms with Crippen molar-refractivity contribution < 1.29 is 9.90 Å². The van der Waals surface area contributed by atoms with E-state index in [-0.39, 0.29) is 29.6 Å². The molecule has 1 amide bonds. The first-order chi connectivity index (χ1) is 11.9. The maximum absolute atomic E-state index is 12.4. The molecule has 0 fully saturated rings. The largest absolute Gasteiger partial charge is 0.511 e. The van der Waals surface area contributed by atoms with Gasteiger partial charge in [0.15, 0.2) is 0 Å². The minimum absolute atomic E-state index is 0.0123. The molecule has 2 aromatic rings. The van der Waals surface area contributed by atoms with Gasteiger partial charge in [-0.3, -0.25) is 9.79 Å². The van der Waals surface area contributed by atoms with Crippen molar-refractivity contribution in [1.29, 1.82) is 0 Å². The summed E-state index contributed by atoms with van der Waals surface area (Å²) >= 11 is 5.83. The highest BCUT2D eigenvalue weighted by atomic mass is 35.5. The molecule has 0 radical (unpaired) electrons. The minimum Gasteiger partial charge on any atom is -0.511 e. The summed E-state index contributed by atoms with van der Waals surface area (Å²) < 4.78 is 0. The fourth-order valence-corrected chi connectivity index (χ4v) is 2.79. The molecule has 5 nitrogen and oxygen atoms in total. The van der Waals surface area contributed by atoms with Gasteiger partial charge in [0.25, 0.3) is 5.91 Å². The molecule has 0 saturated carbocycles. The lowest BCUT2D eigenvalue weighted by Crippen LogP contribution is -2.31. The Morgan fingerprint density at radius 3 is 2.44 bits per heavy atom. The number of nitrogens with zero attached hydrogens (tertiary/aromatic N) is 1. The van der Waals surface area contributed by atoms with Gasteiger partial charge in [-0.25, -0.2) is 0 Å². The molecular formula is C19H18ClN3O2. The lowest BCUT2D eigenvalue weighted by Gasteiger charge is -2.21. The van der Waals surface area contributed by atoms with E-state index in [2.05, 4.69) is 10.3 Å². The summed E-state index contributed by atoms with van der Waals surface area (Å²) in [7, 11) is 0. The highest BCUT2D eigenvalue weighted by Crippen LogP contribution is 2.30. The fraction of sp³-hybridized carbons (Fsp3) is 0.158. The third-order valence-electron chi connectivity index (χ3n) is 4.02. The summed E-state index contributed by atoms with van der Waals surface area (Å²) in [6, 6.07) is 14.2. The molecular weight excluding hydrogens is 338 g/mol. The van der Waals surface area contributed by atoms with Crippen molar-refractivity contribution in [3.05, 3.63) is 76.0 Å². The van der Waals surface area contributed by atoms with Crippen LogP contribution < -0.4 is 11.1 Å². The van der Waals surface area contributed by atoms with Gasteiger partial charge in [-0.05, 0) is 36.8 Å². The predicted octanol–water partition coefficient (Wildman–Crippen LogP) is 3.90. The van der Waals surface area contributed by atoms with Gasteiger partial charge in [0.2, 0.25) is 0 Å². The number of anilines is 1. The van der Waals surface area contributed by atoms with Crippen LogP contribution in [0.5, 0.6) is 0 Å². The molecule has 0 saturated heterocycles. The smallest absolute Gasteiger partial charge is 0.262 e. The number of dihydropyridines is 1. The zero-order chi connectivity index (χ0) is 18.0. The molecule has 128 valence electrons. The zero-order valence-electron chi connectivity index (χ0n) is 13.7. The first kappa shape index (κ1) is 17.0. The van der Waals surface area contributed by atoms with Crippen LogP contribution in [-0.4, -0.2) is 16.8 Å². The molecule has 1 unspecified atom stereocenters.